The molecule has 0 aliphatic carbocycles. The number of amides is 4. The molecule has 2 atom stereocenters. The highest BCUT2D eigenvalue weighted by atomic mass is 16.2. The van der Waals surface area contributed by atoms with Crippen LogP contribution in [-0.2, 0) is 0 Å². The number of unbranched alkanes of at least 4 members (excludes halogenated alkanes) is 16. The molecular formula is C108H110N2O4. The van der Waals surface area contributed by atoms with Crippen molar-refractivity contribution < 1.29 is 19.2 Å². The molecule has 0 aromatic heterocycles. The van der Waals surface area contributed by atoms with E-state index in [4.69, 9.17) is 0 Å². The molecular weight excluding hydrogens is 1390 g/mol. The maximum Gasteiger partial charge on any atom is 0.261 e. The van der Waals surface area contributed by atoms with Crippen LogP contribution in [0.15, 0.2) is 267 Å². The highest BCUT2D eigenvalue weighted by molar-refractivity contribution is 6.44. The Morgan fingerprint density at radius 1 is 0.228 bits per heavy atom. The maximum atomic E-state index is 16.4. The average molecular weight is 1500 g/mol. The molecule has 2 aliphatic heterocycles. The Bertz CT molecular complexity index is 5120. The molecule has 0 spiro atoms. The molecule has 0 fully saturated rings. The number of fused-ring (bicyclic) bond motifs is 2. The van der Waals surface area contributed by atoms with Crippen LogP contribution in [0.25, 0.3) is 87.6 Å². The van der Waals surface area contributed by atoms with Crippen molar-refractivity contribution >= 4 is 89.0 Å². The zero-order chi connectivity index (χ0) is 78.3. The number of hydrogen-bond donors (Lipinski definition) is 0. The Labute approximate surface area is 676 Å². The zero-order valence-electron chi connectivity index (χ0n) is 67.5. The summed E-state index contributed by atoms with van der Waals surface area (Å²) in [5.74, 6) is -0.730. The second-order valence-electron chi connectivity index (χ2n) is 32.4. The van der Waals surface area contributed by atoms with E-state index in [-0.39, 0.29) is 35.5 Å². The molecule has 0 saturated heterocycles. The van der Waals surface area contributed by atoms with Crippen LogP contribution in [0, 0.1) is 11.8 Å². The Morgan fingerprint density at radius 2 is 0.465 bits per heavy atom. The molecule has 0 radical (unpaired) electrons. The van der Waals surface area contributed by atoms with Gasteiger partial charge in [-0.3, -0.25) is 29.0 Å². The minimum absolute atomic E-state index is 0.159. The van der Waals surface area contributed by atoms with E-state index in [0.717, 1.165) is 224 Å². The Hall–Kier alpha value is -11.1. The van der Waals surface area contributed by atoms with Crippen LogP contribution < -0.4 is 0 Å². The van der Waals surface area contributed by atoms with Crippen LogP contribution in [0.5, 0.6) is 0 Å². The monoisotopic (exact) mass is 1500 g/mol. The third kappa shape index (κ3) is 16.5. The fourth-order valence-corrected chi connectivity index (χ4v) is 18.8. The van der Waals surface area contributed by atoms with Crippen LogP contribution in [0.4, 0.5) is 0 Å². The topological polar surface area (TPSA) is 74.8 Å². The van der Waals surface area contributed by atoms with Crippen molar-refractivity contribution in [2.75, 3.05) is 13.1 Å². The highest BCUT2D eigenvalue weighted by Gasteiger charge is 2.40. The molecule has 114 heavy (non-hydrogen) atoms. The van der Waals surface area contributed by atoms with Gasteiger partial charge in [0.15, 0.2) is 0 Å². The van der Waals surface area contributed by atoms with Crippen LogP contribution in [0.3, 0.4) is 0 Å². The second-order valence-corrected chi connectivity index (χ2v) is 32.4. The normalized spacial score (nSPS) is 13.3. The van der Waals surface area contributed by atoms with E-state index in [1.54, 1.807) is 9.80 Å². The first-order valence-corrected chi connectivity index (χ1v) is 43.2. The van der Waals surface area contributed by atoms with Gasteiger partial charge in [0.05, 0.1) is 0 Å². The van der Waals surface area contributed by atoms with Crippen molar-refractivity contribution in [1.29, 1.82) is 0 Å². The van der Waals surface area contributed by atoms with Crippen molar-refractivity contribution in [2.24, 2.45) is 11.8 Å². The van der Waals surface area contributed by atoms with Gasteiger partial charge in [0, 0.05) is 46.1 Å². The fourth-order valence-electron chi connectivity index (χ4n) is 18.8. The lowest BCUT2D eigenvalue weighted by atomic mass is 9.77. The second kappa shape index (κ2) is 37.3. The van der Waals surface area contributed by atoms with Gasteiger partial charge in [-0.05, 0) is 183 Å². The Kier molecular flexibility index (Phi) is 25.6. The third-order valence-corrected chi connectivity index (χ3v) is 24.6. The first-order chi connectivity index (χ1) is 56.2. The number of imide groups is 2. The van der Waals surface area contributed by atoms with Crippen molar-refractivity contribution in [1.82, 2.24) is 9.80 Å². The van der Waals surface area contributed by atoms with E-state index < -0.39 is 0 Å². The van der Waals surface area contributed by atoms with Gasteiger partial charge >= 0.3 is 0 Å². The predicted octanol–water partition coefficient (Wildman–Crippen LogP) is 29.0. The molecule has 0 saturated carbocycles. The summed E-state index contributed by atoms with van der Waals surface area (Å²) < 4.78 is 0. The number of hydrogen-bond acceptors (Lipinski definition) is 4. The van der Waals surface area contributed by atoms with Gasteiger partial charge in [0.1, 0.15) is 0 Å². The number of carbonyl (C=O) groups is 4. The SMILES string of the molecule is CCCCCCCCC(CCCCCC)CN1C(=O)c2ccc3c4c(-c5ccc(C(=C(c6ccccc6)c6ccccc6)c6ccccc6)cc5)cc5c6c(ccc(c7c(-c8ccc(C(=C(c9ccccc9)c9ccccc9)c9ccccc9)cc8)cc(c2c37)C1=O)c64)C(=O)N(CC(CCCCCC)CCCCCCCC)C5=O. The number of carbonyl (C=O) groups excluding carboxylic acids is 4. The third-order valence-electron chi connectivity index (χ3n) is 24.6. The van der Waals surface area contributed by atoms with Gasteiger partial charge in [-0.1, -0.05) is 399 Å². The lowest BCUT2D eigenvalue weighted by molar-refractivity contribution is 0.0563. The minimum atomic E-state index is -0.267. The molecule has 13 aromatic rings. The quantitative estimate of drug-likeness (QED) is 0.0127. The zero-order valence-corrected chi connectivity index (χ0v) is 67.5. The fraction of sp³-hybridized carbons (Fsp3) is 0.296. The highest BCUT2D eigenvalue weighted by Crippen LogP contribution is 2.53. The van der Waals surface area contributed by atoms with E-state index in [9.17, 15) is 0 Å². The van der Waals surface area contributed by atoms with Gasteiger partial charge in [0.2, 0.25) is 0 Å². The van der Waals surface area contributed by atoms with Gasteiger partial charge in [-0.2, -0.15) is 0 Å². The minimum Gasteiger partial charge on any atom is -0.274 e. The molecule has 6 heteroatoms. The Balaban J connectivity index is 0.975. The van der Waals surface area contributed by atoms with E-state index in [1.807, 2.05) is 12.1 Å². The van der Waals surface area contributed by atoms with Crippen molar-refractivity contribution in [2.45, 2.75) is 182 Å². The first-order valence-electron chi connectivity index (χ1n) is 43.2. The van der Waals surface area contributed by atoms with Gasteiger partial charge < -0.3 is 0 Å². The van der Waals surface area contributed by atoms with Crippen molar-refractivity contribution in [3.63, 3.8) is 0 Å². The largest absolute Gasteiger partial charge is 0.274 e. The lowest BCUT2D eigenvalue weighted by Gasteiger charge is -2.33. The van der Waals surface area contributed by atoms with Crippen molar-refractivity contribution in [3.8, 4) is 22.3 Å². The molecule has 2 aliphatic rings. The van der Waals surface area contributed by atoms with E-state index >= 15 is 19.2 Å². The van der Waals surface area contributed by atoms with Crippen LogP contribution in [0.2, 0.25) is 0 Å². The maximum absolute atomic E-state index is 16.4. The molecule has 15 rings (SSSR count). The van der Waals surface area contributed by atoms with E-state index in [1.165, 1.54) is 51.4 Å². The number of benzene rings is 13. The standard InChI is InChI=1S/C108H110N2O4/c1-5-9-13-17-19-29-45-75(43-27-15-11-7-3)73-109-105(111)89-69-67-87-100-92(78-61-65-86(66-62-78)98(84-57-41-26-42-58-84)96(81-51-35-23-36-52-81)82-53-37-24-38-54-82)72-94-102-90(106(112)110(108(94)114)74-76(44-28-16-12-8-4)46-30-20-18-14-10-6-2)70-68-88(104(100)102)99-91(71-93(107(109)113)101(89)103(87)99)77-59-63-85(64-60-77)97(83-55-39-25-40-56-83)95(79-47-31-21-32-48-79)80-49-33-22-34-50-80/h21-26,31-42,47-72,75-76H,5-20,27-30,43-46,73-74H2,1-4H3. The summed E-state index contributed by atoms with van der Waals surface area (Å²) in [5, 5.41) is 6.38. The molecule has 0 bridgehead atoms. The smallest absolute Gasteiger partial charge is 0.261 e. The summed E-state index contributed by atoms with van der Waals surface area (Å²) in [7, 11) is 0. The summed E-state index contributed by atoms with van der Waals surface area (Å²) in [6.45, 7) is 9.74. The lowest BCUT2D eigenvalue weighted by Crippen LogP contribution is -2.43. The summed E-state index contributed by atoms with van der Waals surface area (Å²) in [6, 6.07) is 94.2. The summed E-state index contributed by atoms with van der Waals surface area (Å²) in [6.07, 6.45) is 26.9. The van der Waals surface area contributed by atoms with E-state index in [0.29, 0.717) is 46.1 Å². The molecule has 576 valence electrons. The van der Waals surface area contributed by atoms with Crippen LogP contribution >= 0.6 is 0 Å². The first kappa shape index (κ1) is 78.2. The van der Waals surface area contributed by atoms with E-state index in [2.05, 4.69) is 282 Å². The number of nitrogens with zero attached hydrogens (tertiary/aromatic N) is 2. The summed E-state index contributed by atoms with van der Waals surface area (Å²) in [5.41, 5.74) is 18.5. The molecule has 6 nitrogen and oxygen atoms in total. The van der Waals surface area contributed by atoms with Gasteiger partial charge in [-0.25, -0.2) is 0 Å². The molecule has 13 aromatic carbocycles. The van der Waals surface area contributed by atoms with Gasteiger partial charge in [-0.15, -0.1) is 0 Å². The van der Waals surface area contributed by atoms with Crippen LogP contribution in [-0.4, -0.2) is 46.5 Å². The molecule has 0 N–H and O–H groups in total. The summed E-state index contributed by atoms with van der Waals surface area (Å²) >= 11 is 0. The average Bonchev–Trinajstić information content (AvgIpc) is 0.677. The molecule has 4 amide bonds. The summed E-state index contributed by atoms with van der Waals surface area (Å²) in [4.78, 5) is 68.0. The Morgan fingerprint density at radius 3 is 0.737 bits per heavy atom. The predicted molar refractivity (Wildman–Crippen MR) is 478 cm³/mol. The van der Waals surface area contributed by atoms with Crippen LogP contribution in [0.1, 0.15) is 268 Å². The van der Waals surface area contributed by atoms with Gasteiger partial charge in [0.25, 0.3) is 23.6 Å². The molecule has 2 unspecified atom stereocenters. The number of rotatable bonds is 38. The van der Waals surface area contributed by atoms with Crippen molar-refractivity contribution in [3.05, 3.63) is 334 Å². The molecule has 2 heterocycles.